The molecular formula is C23H25F3N4O2. The van der Waals surface area contributed by atoms with Crippen molar-refractivity contribution < 1.29 is 22.7 Å². The molecule has 2 aromatic rings. The molecule has 6 nitrogen and oxygen atoms in total. The summed E-state index contributed by atoms with van der Waals surface area (Å²) in [5.41, 5.74) is 0.946. The Labute approximate surface area is 184 Å². The van der Waals surface area contributed by atoms with Crippen LogP contribution in [0.15, 0.2) is 36.7 Å². The van der Waals surface area contributed by atoms with Crippen LogP contribution in [0.2, 0.25) is 0 Å². The maximum absolute atomic E-state index is 13.0. The SMILES string of the molecule is O=C1CCN(Cc2cccc(C(F)(F)F)c2)C[C@@H]2C[C@@H](Oc3cnc(C4CC4)cn3)CN12. The molecular weight excluding hydrogens is 421 g/mol. The lowest BCUT2D eigenvalue weighted by atomic mass is 10.1. The number of carbonyl (C=O) groups excluding carboxylic acids is 1. The van der Waals surface area contributed by atoms with Crippen LogP contribution in [-0.2, 0) is 17.5 Å². The molecule has 2 aliphatic heterocycles. The third-order valence-corrected chi connectivity index (χ3v) is 6.40. The van der Waals surface area contributed by atoms with Crippen LogP contribution in [0.5, 0.6) is 5.88 Å². The number of halogens is 3. The van der Waals surface area contributed by atoms with Gasteiger partial charge in [0, 0.05) is 44.4 Å². The largest absolute Gasteiger partial charge is 0.471 e. The molecule has 170 valence electrons. The number of fused-ring (bicyclic) bond motifs is 1. The molecule has 5 rings (SSSR count). The van der Waals surface area contributed by atoms with E-state index in [0.717, 1.165) is 24.6 Å². The number of carbonyl (C=O) groups is 1. The number of ether oxygens (including phenoxy) is 1. The molecule has 1 amide bonds. The highest BCUT2D eigenvalue weighted by molar-refractivity contribution is 5.77. The van der Waals surface area contributed by atoms with Gasteiger partial charge in [0.05, 0.1) is 30.2 Å². The first-order chi connectivity index (χ1) is 15.3. The average Bonchev–Trinajstić information content (AvgIpc) is 3.55. The predicted octanol–water partition coefficient (Wildman–Crippen LogP) is 3.63. The third-order valence-electron chi connectivity index (χ3n) is 6.40. The van der Waals surface area contributed by atoms with E-state index in [1.807, 2.05) is 4.90 Å². The van der Waals surface area contributed by atoms with Crippen LogP contribution in [0.4, 0.5) is 13.2 Å². The van der Waals surface area contributed by atoms with Crippen molar-refractivity contribution in [3.05, 3.63) is 53.5 Å². The molecule has 0 N–H and O–H groups in total. The summed E-state index contributed by atoms with van der Waals surface area (Å²) in [6.45, 7) is 2.00. The average molecular weight is 446 g/mol. The van der Waals surface area contributed by atoms with Crippen molar-refractivity contribution in [1.82, 2.24) is 19.8 Å². The van der Waals surface area contributed by atoms with Crippen molar-refractivity contribution in [1.29, 1.82) is 0 Å². The van der Waals surface area contributed by atoms with Crippen LogP contribution >= 0.6 is 0 Å². The molecule has 1 aliphatic carbocycles. The minimum absolute atomic E-state index is 0.0282. The summed E-state index contributed by atoms with van der Waals surface area (Å²) >= 11 is 0. The summed E-state index contributed by atoms with van der Waals surface area (Å²) in [6, 6.07) is 5.37. The van der Waals surface area contributed by atoms with Gasteiger partial charge in [0.1, 0.15) is 6.10 Å². The van der Waals surface area contributed by atoms with Crippen molar-refractivity contribution in [2.45, 2.75) is 56.5 Å². The molecule has 1 aromatic heterocycles. The van der Waals surface area contributed by atoms with Gasteiger partial charge in [0.25, 0.3) is 0 Å². The summed E-state index contributed by atoms with van der Waals surface area (Å²) < 4.78 is 45.1. The monoisotopic (exact) mass is 446 g/mol. The first-order valence-electron chi connectivity index (χ1n) is 11.0. The van der Waals surface area contributed by atoms with Gasteiger partial charge in [-0.05, 0) is 24.5 Å². The van der Waals surface area contributed by atoms with Crippen molar-refractivity contribution in [2.75, 3.05) is 19.6 Å². The molecule has 0 bridgehead atoms. The Bertz CT molecular complexity index is 978. The Kier molecular flexibility index (Phi) is 5.53. The van der Waals surface area contributed by atoms with E-state index in [9.17, 15) is 18.0 Å². The van der Waals surface area contributed by atoms with Gasteiger partial charge in [-0.2, -0.15) is 13.2 Å². The molecule has 32 heavy (non-hydrogen) atoms. The fraction of sp³-hybridized carbons (Fsp3) is 0.522. The summed E-state index contributed by atoms with van der Waals surface area (Å²) in [7, 11) is 0. The summed E-state index contributed by atoms with van der Waals surface area (Å²) in [5, 5.41) is 0. The van der Waals surface area contributed by atoms with E-state index < -0.39 is 11.7 Å². The minimum Gasteiger partial charge on any atom is -0.471 e. The van der Waals surface area contributed by atoms with E-state index in [1.165, 1.54) is 12.1 Å². The van der Waals surface area contributed by atoms with Gasteiger partial charge < -0.3 is 9.64 Å². The van der Waals surface area contributed by atoms with E-state index in [-0.39, 0.29) is 18.1 Å². The molecule has 1 saturated carbocycles. The Morgan fingerprint density at radius 2 is 1.97 bits per heavy atom. The van der Waals surface area contributed by atoms with E-state index in [2.05, 4.69) is 14.9 Å². The first kappa shape index (κ1) is 21.2. The number of alkyl halides is 3. The normalized spacial score (nSPS) is 24.3. The highest BCUT2D eigenvalue weighted by Gasteiger charge is 2.39. The van der Waals surface area contributed by atoms with Crippen LogP contribution in [0, 0.1) is 0 Å². The van der Waals surface area contributed by atoms with Gasteiger partial charge in [-0.25, -0.2) is 4.98 Å². The van der Waals surface area contributed by atoms with E-state index in [1.54, 1.807) is 18.5 Å². The minimum atomic E-state index is -4.36. The smallest absolute Gasteiger partial charge is 0.416 e. The Morgan fingerprint density at radius 1 is 1.12 bits per heavy atom. The third kappa shape index (κ3) is 4.72. The molecule has 3 heterocycles. The van der Waals surface area contributed by atoms with Crippen molar-refractivity contribution in [2.24, 2.45) is 0 Å². The summed E-state index contributed by atoms with van der Waals surface area (Å²) in [4.78, 5) is 25.4. The molecule has 0 spiro atoms. The van der Waals surface area contributed by atoms with Crippen LogP contribution in [0.25, 0.3) is 0 Å². The van der Waals surface area contributed by atoms with E-state index in [4.69, 9.17) is 4.74 Å². The van der Waals surface area contributed by atoms with Gasteiger partial charge in [0.2, 0.25) is 11.8 Å². The number of hydrogen-bond donors (Lipinski definition) is 0. The van der Waals surface area contributed by atoms with E-state index >= 15 is 0 Å². The lowest BCUT2D eigenvalue weighted by molar-refractivity contribution is -0.137. The van der Waals surface area contributed by atoms with Crippen molar-refractivity contribution in [3.63, 3.8) is 0 Å². The van der Waals surface area contributed by atoms with Crippen LogP contribution in [0.1, 0.15) is 48.4 Å². The number of aromatic nitrogens is 2. The number of nitrogens with zero attached hydrogens (tertiary/aromatic N) is 4. The second-order valence-corrected chi connectivity index (χ2v) is 8.91. The van der Waals surface area contributed by atoms with Gasteiger partial charge in [-0.3, -0.25) is 14.7 Å². The Morgan fingerprint density at radius 3 is 2.69 bits per heavy atom. The van der Waals surface area contributed by atoms with Gasteiger partial charge >= 0.3 is 6.18 Å². The molecule has 2 saturated heterocycles. The van der Waals surface area contributed by atoms with Gasteiger partial charge in [0.15, 0.2) is 0 Å². The maximum atomic E-state index is 13.0. The molecule has 3 fully saturated rings. The Hall–Kier alpha value is -2.68. The zero-order valence-corrected chi connectivity index (χ0v) is 17.6. The lowest BCUT2D eigenvalue weighted by Crippen LogP contribution is -2.38. The fourth-order valence-electron chi connectivity index (χ4n) is 4.62. The van der Waals surface area contributed by atoms with Crippen LogP contribution in [0.3, 0.4) is 0 Å². The molecule has 3 aliphatic rings. The van der Waals surface area contributed by atoms with Crippen LogP contribution < -0.4 is 4.74 Å². The van der Waals surface area contributed by atoms with Crippen LogP contribution in [-0.4, -0.2) is 57.5 Å². The lowest BCUT2D eigenvalue weighted by Gasteiger charge is -2.25. The molecule has 0 unspecified atom stereocenters. The molecule has 1 aromatic carbocycles. The number of amides is 1. The highest BCUT2D eigenvalue weighted by atomic mass is 19.4. The summed E-state index contributed by atoms with van der Waals surface area (Å²) in [6.07, 6.45) is 2.21. The zero-order chi connectivity index (χ0) is 22.3. The van der Waals surface area contributed by atoms with Crippen molar-refractivity contribution >= 4 is 5.91 Å². The van der Waals surface area contributed by atoms with Gasteiger partial charge in [-0.15, -0.1) is 0 Å². The maximum Gasteiger partial charge on any atom is 0.416 e. The zero-order valence-electron chi connectivity index (χ0n) is 17.6. The standard InChI is InChI=1S/C23H25F3N4O2/c24-23(25,26)17-3-1-2-15(8-17)12-29-7-6-22(31)30-14-19(9-18(30)13-29)32-21-11-27-20(10-28-21)16-4-5-16/h1-3,8,10-11,16,18-19H,4-7,9,12-14H2/t18-,19+/m0/s1. The Balaban J connectivity index is 1.22. The predicted molar refractivity (Wildman–Crippen MR) is 110 cm³/mol. The molecule has 9 heteroatoms. The second kappa shape index (κ2) is 8.35. The number of benzene rings is 1. The number of rotatable bonds is 5. The highest BCUT2D eigenvalue weighted by Crippen LogP contribution is 2.38. The number of hydrogen-bond acceptors (Lipinski definition) is 5. The quantitative estimate of drug-likeness (QED) is 0.702. The van der Waals surface area contributed by atoms with Crippen molar-refractivity contribution in [3.8, 4) is 5.88 Å². The van der Waals surface area contributed by atoms with Gasteiger partial charge in [-0.1, -0.05) is 18.2 Å². The fourth-order valence-corrected chi connectivity index (χ4v) is 4.62. The first-order valence-corrected chi connectivity index (χ1v) is 11.0. The molecule has 0 radical (unpaired) electrons. The molecule has 2 atom stereocenters. The van der Waals surface area contributed by atoms with E-state index in [0.29, 0.717) is 56.4 Å². The second-order valence-electron chi connectivity index (χ2n) is 8.91. The summed E-state index contributed by atoms with van der Waals surface area (Å²) in [5.74, 6) is 1.05. The topological polar surface area (TPSA) is 58.6 Å².